The summed E-state index contributed by atoms with van der Waals surface area (Å²) in [5.74, 6) is 2.59. The predicted molar refractivity (Wildman–Crippen MR) is 134 cm³/mol. The lowest BCUT2D eigenvalue weighted by atomic mass is 10.0. The quantitative estimate of drug-likeness (QED) is 0.576. The zero-order valence-corrected chi connectivity index (χ0v) is 20.1. The van der Waals surface area contributed by atoms with E-state index >= 15 is 0 Å². The third-order valence-corrected chi connectivity index (χ3v) is 6.05. The molecule has 1 N–H and O–H groups in total. The largest absolute Gasteiger partial charge is 0.493 e. The first-order valence-electron chi connectivity index (χ1n) is 11.5. The number of methoxy groups -OCH3 is 2. The van der Waals surface area contributed by atoms with Gasteiger partial charge in [-0.05, 0) is 53.9 Å². The second-order valence-electron chi connectivity index (χ2n) is 8.53. The Hall–Kier alpha value is -3.81. The van der Waals surface area contributed by atoms with Crippen molar-refractivity contribution in [1.29, 1.82) is 0 Å². The number of amides is 2. The van der Waals surface area contributed by atoms with Gasteiger partial charge in [0.15, 0.2) is 17.3 Å². The van der Waals surface area contributed by atoms with Crippen LogP contribution in [0.1, 0.15) is 25.3 Å². The Bertz CT molecular complexity index is 1110. The molecule has 0 saturated carbocycles. The number of aromatic nitrogens is 2. The maximum absolute atomic E-state index is 12.7. The molecule has 8 nitrogen and oxygen atoms in total. The van der Waals surface area contributed by atoms with Crippen molar-refractivity contribution in [3.63, 3.8) is 0 Å². The molecule has 1 aliphatic heterocycles. The van der Waals surface area contributed by atoms with Gasteiger partial charge in [-0.2, -0.15) is 0 Å². The molecule has 8 heteroatoms. The van der Waals surface area contributed by atoms with Gasteiger partial charge in [0.2, 0.25) is 0 Å². The molecule has 0 radical (unpaired) electrons. The van der Waals surface area contributed by atoms with Gasteiger partial charge in [-0.3, -0.25) is 0 Å². The average Bonchev–Trinajstić information content (AvgIpc) is 2.88. The van der Waals surface area contributed by atoms with E-state index in [4.69, 9.17) is 9.47 Å². The van der Waals surface area contributed by atoms with Crippen LogP contribution in [0.5, 0.6) is 11.5 Å². The summed E-state index contributed by atoms with van der Waals surface area (Å²) in [4.78, 5) is 16.7. The first-order valence-corrected chi connectivity index (χ1v) is 11.5. The number of carbonyl (C=O) groups excluding carboxylic acids is 1. The highest BCUT2D eigenvalue weighted by atomic mass is 16.5. The lowest BCUT2D eigenvalue weighted by Crippen LogP contribution is -2.50. The number of ether oxygens (including phenoxy) is 2. The molecule has 2 aromatic carbocycles. The fraction of sp³-hybridized carbons (Fsp3) is 0.346. The molecule has 34 heavy (non-hydrogen) atoms. The van der Waals surface area contributed by atoms with Gasteiger partial charge in [0.25, 0.3) is 0 Å². The monoisotopic (exact) mass is 461 g/mol. The molecule has 1 fully saturated rings. The molecular formula is C26H31N5O3. The molecule has 0 unspecified atom stereocenters. The Balaban J connectivity index is 1.33. The van der Waals surface area contributed by atoms with Crippen LogP contribution in [0.3, 0.4) is 0 Å². The van der Waals surface area contributed by atoms with Crippen molar-refractivity contribution >= 4 is 17.5 Å². The molecule has 2 amide bonds. The fourth-order valence-corrected chi connectivity index (χ4v) is 3.94. The summed E-state index contributed by atoms with van der Waals surface area (Å²) in [6.45, 7) is 6.95. The summed E-state index contributed by atoms with van der Waals surface area (Å²) in [6, 6.07) is 17.5. The first-order chi connectivity index (χ1) is 16.5. The minimum Gasteiger partial charge on any atom is -0.493 e. The summed E-state index contributed by atoms with van der Waals surface area (Å²) in [6.07, 6.45) is 0. The fourth-order valence-electron chi connectivity index (χ4n) is 3.94. The van der Waals surface area contributed by atoms with Crippen LogP contribution in [-0.4, -0.2) is 61.5 Å². The van der Waals surface area contributed by atoms with Crippen LogP contribution in [0.2, 0.25) is 0 Å². The summed E-state index contributed by atoms with van der Waals surface area (Å²) >= 11 is 0. The summed E-state index contributed by atoms with van der Waals surface area (Å²) in [5, 5.41) is 11.8. The van der Waals surface area contributed by atoms with E-state index in [1.54, 1.807) is 14.2 Å². The van der Waals surface area contributed by atoms with Crippen LogP contribution in [0.25, 0.3) is 11.3 Å². The second-order valence-corrected chi connectivity index (χ2v) is 8.53. The van der Waals surface area contributed by atoms with Crippen LogP contribution >= 0.6 is 0 Å². The van der Waals surface area contributed by atoms with Crippen LogP contribution in [0.4, 0.5) is 16.3 Å². The Labute approximate surface area is 200 Å². The van der Waals surface area contributed by atoms with Gasteiger partial charge in [-0.15, -0.1) is 10.2 Å². The molecule has 0 bridgehead atoms. The average molecular weight is 462 g/mol. The Morgan fingerprint density at radius 3 is 2.18 bits per heavy atom. The van der Waals surface area contributed by atoms with Crippen molar-refractivity contribution in [3.05, 3.63) is 60.2 Å². The zero-order chi connectivity index (χ0) is 24.1. The number of hydrogen-bond donors (Lipinski definition) is 1. The van der Waals surface area contributed by atoms with Crippen LogP contribution < -0.4 is 19.7 Å². The van der Waals surface area contributed by atoms with E-state index in [1.807, 2.05) is 47.4 Å². The number of anilines is 2. The van der Waals surface area contributed by atoms with Gasteiger partial charge in [-0.1, -0.05) is 26.0 Å². The molecule has 1 saturated heterocycles. The second kappa shape index (κ2) is 10.4. The van der Waals surface area contributed by atoms with Crippen molar-refractivity contribution in [2.45, 2.75) is 19.8 Å². The van der Waals surface area contributed by atoms with Crippen molar-refractivity contribution in [3.8, 4) is 22.8 Å². The van der Waals surface area contributed by atoms with Crippen LogP contribution in [0.15, 0.2) is 54.6 Å². The Morgan fingerprint density at radius 1 is 0.882 bits per heavy atom. The number of carbonyl (C=O) groups is 1. The van der Waals surface area contributed by atoms with Crippen LogP contribution in [-0.2, 0) is 0 Å². The van der Waals surface area contributed by atoms with Gasteiger partial charge in [0.05, 0.1) is 19.9 Å². The number of hydrogen-bond acceptors (Lipinski definition) is 6. The highest BCUT2D eigenvalue weighted by Crippen LogP contribution is 2.31. The van der Waals surface area contributed by atoms with Gasteiger partial charge in [-0.25, -0.2) is 4.79 Å². The summed E-state index contributed by atoms with van der Waals surface area (Å²) in [5.41, 5.74) is 3.73. The lowest BCUT2D eigenvalue weighted by molar-refractivity contribution is 0.208. The molecule has 3 aromatic rings. The van der Waals surface area contributed by atoms with E-state index in [2.05, 4.69) is 46.4 Å². The standard InChI is InChI=1S/C26H31N5O3/c1-18(2)19-5-8-21(9-6-19)27-26(32)31-15-13-30(14-16-31)25-12-10-22(28-29-25)20-7-11-23(33-3)24(17-20)34-4/h5-12,17-18H,13-16H2,1-4H3,(H,27,32). The first kappa shape index (κ1) is 23.4. The van der Waals surface area contributed by atoms with Crippen LogP contribution in [0, 0.1) is 0 Å². The van der Waals surface area contributed by atoms with Gasteiger partial charge in [0.1, 0.15) is 0 Å². The molecule has 4 rings (SSSR count). The number of urea groups is 1. The van der Waals surface area contributed by atoms with Crippen molar-refractivity contribution in [2.75, 3.05) is 50.6 Å². The van der Waals surface area contributed by atoms with Gasteiger partial charge in [0, 0.05) is 37.4 Å². The SMILES string of the molecule is COc1ccc(-c2ccc(N3CCN(C(=O)Nc4ccc(C(C)C)cc4)CC3)nn2)cc1OC. The van der Waals surface area contributed by atoms with Crippen molar-refractivity contribution in [1.82, 2.24) is 15.1 Å². The number of rotatable bonds is 6. The van der Waals surface area contributed by atoms with Gasteiger partial charge < -0.3 is 24.6 Å². The number of nitrogens with zero attached hydrogens (tertiary/aromatic N) is 4. The molecule has 2 heterocycles. The highest BCUT2D eigenvalue weighted by Gasteiger charge is 2.22. The van der Waals surface area contributed by atoms with Gasteiger partial charge >= 0.3 is 6.03 Å². The van der Waals surface area contributed by atoms with E-state index < -0.39 is 0 Å². The smallest absolute Gasteiger partial charge is 0.321 e. The summed E-state index contributed by atoms with van der Waals surface area (Å²) in [7, 11) is 3.22. The van der Waals surface area contributed by atoms with Crippen molar-refractivity contribution < 1.29 is 14.3 Å². The van der Waals surface area contributed by atoms with E-state index in [1.165, 1.54) is 5.56 Å². The third-order valence-electron chi connectivity index (χ3n) is 6.05. The Morgan fingerprint density at radius 2 is 1.59 bits per heavy atom. The van der Waals surface area contributed by atoms with E-state index in [-0.39, 0.29) is 6.03 Å². The Kier molecular flexibility index (Phi) is 7.15. The number of benzene rings is 2. The van der Waals surface area contributed by atoms with E-state index in [9.17, 15) is 4.79 Å². The molecular weight excluding hydrogens is 430 g/mol. The summed E-state index contributed by atoms with van der Waals surface area (Å²) < 4.78 is 10.7. The molecule has 0 aliphatic carbocycles. The van der Waals surface area contributed by atoms with E-state index in [0.717, 1.165) is 22.8 Å². The molecule has 1 aromatic heterocycles. The minimum absolute atomic E-state index is 0.0770. The minimum atomic E-state index is -0.0770. The maximum atomic E-state index is 12.7. The normalized spacial score (nSPS) is 13.7. The zero-order valence-electron chi connectivity index (χ0n) is 20.1. The highest BCUT2D eigenvalue weighted by molar-refractivity contribution is 5.89. The third kappa shape index (κ3) is 5.22. The van der Waals surface area contributed by atoms with E-state index in [0.29, 0.717) is 43.6 Å². The molecule has 0 atom stereocenters. The lowest BCUT2D eigenvalue weighted by Gasteiger charge is -2.35. The number of nitrogens with one attached hydrogen (secondary N) is 1. The topological polar surface area (TPSA) is 79.8 Å². The van der Waals surface area contributed by atoms with Crippen molar-refractivity contribution in [2.24, 2.45) is 0 Å². The molecule has 178 valence electrons. The molecule has 0 spiro atoms. The molecule has 1 aliphatic rings. The number of piperazine rings is 1. The maximum Gasteiger partial charge on any atom is 0.321 e. The predicted octanol–water partition coefficient (Wildman–Crippen LogP) is 4.64.